The Kier molecular flexibility index (Phi) is 4.03. The van der Waals surface area contributed by atoms with Gasteiger partial charge in [0.25, 0.3) is 5.89 Å². The van der Waals surface area contributed by atoms with Gasteiger partial charge in [-0.2, -0.15) is 4.98 Å². The molecule has 0 atom stereocenters. The number of fused-ring (bicyclic) bond motifs is 2. The van der Waals surface area contributed by atoms with Gasteiger partial charge in [-0.05, 0) is 49.7 Å². The van der Waals surface area contributed by atoms with Gasteiger partial charge in [-0.15, -0.1) is 0 Å². The highest BCUT2D eigenvalue weighted by atomic mass is 35.5. The summed E-state index contributed by atoms with van der Waals surface area (Å²) in [6, 6.07) is 9.14. The van der Waals surface area contributed by atoms with E-state index < -0.39 is 5.41 Å². The summed E-state index contributed by atoms with van der Waals surface area (Å²) in [7, 11) is 0. The zero-order chi connectivity index (χ0) is 20.2. The zero-order valence-electron chi connectivity index (χ0n) is 15.9. The molecule has 2 aromatic carbocycles. The molecule has 1 N–H and O–H groups in total. The molecule has 5 rings (SSSR count). The van der Waals surface area contributed by atoms with E-state index in [0.717, 1.165) is 23.2 Å². The second kappa shape index (κ2) is 6.49. The molecular weight excluding hydrogens is 394 g/mol. The van der Waals surface area contributed by atoms with Crippen molar-refractivity contribution < 1.29 is 18.8 Å². The summed E-state index contributed by atoms with van der Waals surface area (Å²) in [5.74, 6) is 1.83. The lowest BCUT2D eigenvalue weighted by atomic mass is 9.85. The maximum absolute atomic E-state index is 12.2. The number of nitrogens with zero attached hydrogens (tertiary/aromatic N) is 2. The number of carbonyl (C=O) groups is 1. The third-order valence-corrected chi connectivity index (χ3v) is 5.52. The van der Waals surface area contributed by atoms with Crippen LogP contribution in [-0.4, -0.2) is 29.3 Å². The van der Waals surface area contributed by atoms with Crippen LogP contribution < -0.4 is 14.8 Å². The van der Waals surface area contributed by atoms with E-state index >= 15 is 0 Å². The van der Waals surface area contributed by atoms with Crippen LogP contribution in [0.5, 0.6) is 11.5 Å². The monoisotopic (exact) mass is 411 g/mol. The summed E-state index contributed by atoms with van der Waals surface area (Å²) in [5.41, 5.74) is 2.51. The highest BCUT2D eigenvalue weighted by Gasteiger charge is 2.38. The molecule has 0 bridgehead atoms. The first-order valence-electron chi connectivity index (χ1n) is 9.33. The Bertz CT molecular complexity index is 1140. The fourth-order valence-electron chi connectivity index (χ4n) is 3.52. The van der Waals surface area contributed by atoms with Gasteiger partial charge >= 0.3 is 0 Å². The Labute approximate surface area is 172 Å². The van der Waals surface area contributed by atoms with E-state index in [0.29, 0.717) is 47.0 Å². The molecule has 7 nitrogen and oxygen atoms in total. The molecule has 0 saturated carbocycles. The summed E-state index contributed by atoms with van der Waals surface area (Å²) in [4.78, 5) is 16.7. The molecule has 29 heavy (non-hydrogen) atoms. The number of hydrogen-bond donors (Lipinski definition) is 1. The molecule has 1 amide bonds. The topological polar surface area (TPSA) is 86.5 Å². The van der Waals surface area contributed by atoms with Crippen molar-refractivity contribution >= 4 is 23.2 Å². The van der Waals surface area contributed by atoms with Crippen LogP contribution in [0.2, 0.25) is 5.02 Å². The first-order valence-corrected chi connectivity index (χ1v) is 9.71. The molecule has 0 spiro atoms. The average Bonchev–Trinajstić information content (AvgIpc) is 3.17. The number of hydrogen-bond acceptors (Lipinski definition) is 6. The van der Waals surface area contributed by atoms with Gasteiger partial charge in [-0.1, -0.05) is 16.8 Å². The standard InChI is InChI=1S/C21H18ClN3O4/c1-21(2)13-8-11(4-5-15(13)23-20(21)26)19-24-18(25-29-19)12-9-14(22)17-16(10-12)27-6-3-7-28-17/h4-5,8-10H,3,6-7H2,1-2H3,(H,23,26). The molecule has 2 aliphatic heterocycles. The second-order valence-corrected chi connectivity index (χ2v) is 8.01. The highest BCUT2D eigenvalue weighted by Crippen LogP contribution is 2.41. The number of ether oxygens (including phenoxy) is 2. The smallest absolute Gasteiger partial charge is 0.258 e. The quantitative estimate of drug-likeness (QED) is 0.670. The Hall–Kier alpha value is -3.06. The van der Waals surface area contributed by atoms with Gasteiger partial charge in [0.05, 0.1) is 23.7 Å². The van der Waals surface area contributed by atoms with Crippen molar-refractivity contribution in [2.45, 2.75) is 25.7 Å². The van der Waals surface area contributed by atoms with E-state index in [-0.39, 0.29) is 5.91 Å². The summed E-state index contributed by atoms with van der Waals surface area (Å²) in [6.45, 7) is 4.89. The van der Waals surface area contributed by atoms with Gasteiger partial charge in [0.1, 0.15) is 0 Å². The molecule has 1 aromatic heterocycles. The third-order valence-electron chi connectivity index (χ3n) is 5.24. The normalized spacial score (nSPS) is 16.9. The number of nitrogens with one attached hydrogen (secondary N) is 1. The van der Waals surface area contributed by atoms with Crippen LogP contribution >= 0.6 is 11.6 Å². The van der Waals surface area contributed by atoms with E-state index in [4.69, 9.17) is 25.6 Å². The first-order chi connectivity index (χ1) is 13.9. The average molecular weight is 412 g/mol. The van der Waals surface area contributed by atoms with E-state index in [1.54, 1.807) is 12.1 Å². The number of anilines is 1. The van der Waals surface area contributed by atoms with Crippen molar-refractivity contribution in [3.05, 3.63) is 40.9 Å². The summed E-state index contributed by atoms with van der Waals surface area (Å²) < 4.78 is 16.9. The van der Waals surface area contributed by atoms with Crippen LogP contribution in [0.4, 0.5) is 5.69 Å². The van der Waals surface area contributed by atoms with Crippen molar-refractivity contribution in [2.24, 2.45) is 0 Å². The Morgan fingerprint density at radius 3 is 2.79 bits per heavy atom. The summed E-state index contributed by atoms with van der Waals surface area (Å²) in [6.07, 6.45) is 0.790. The maximum Gasteiger partial charge on any atom is 0.258 e. The van der Waals surface area contributed by atoms with Crippen LogP contribution in [0.15, 0.2) is 34.9 Å². The van der Waals surface area contributed by atoms with Gasteiger partial charge < -0.3 is 19.3 Å². The third kappa shape index (κ3) is 2.93. The van der Waals surface area contributed by atoms with E-state index in [1.807, 2.05) is 32.0 Å². The number of carbonyl (C=O) groups excluding carboxylic acids is 1. The van der Waals surface area contributed by atoms with Gasteiger partial charge in [-0.25, -0.2) is 0 Å². The number of aromatic nitrogens is 2. The van der Waals surface area contributed by atoms with E-state index in [9.17, 15) is 4.79 Å². The number of amides is 1. The SMILES string of the molecule is CC1(C)C(=O)Nc2ccc(-c3nc(-c4cc(Cl)c5c(c4)OCCCO5)no3)cc21. The lowest BCUT2D eigenvalue weighted by molar-refractivity contribution is -0.119. The zero-order valence-corrected chi connectivity index (χ0v) is 16.7. The van der Waals surface area contributed by atoms with Crippen LogP contribution in [0, 0.1) is 0 Å². The van der Waals surface area contributed by atoms with Crippen LogP contribution in [0.1, 0.15) is 25.8 Å². The van der Waals surface area contributed by atoms with Gasteiger partial charge in [0.15, 0.2) is 11.5 Å². The first kappa shape index (κ1) is 18.0. The maximum atomic E-state index is 12.2. The fourth-order valence-corrected chi connectivity index (χ4v) is 3.79. The van der Waals surface area contributed by atoms with Crippen LogP contribution in [0.25, 0.3) is 22.8 Å². The Balaban J connectivity index is 1.51. The van der Waals surface area contributed by atoms with E-state index in [1.165, 1.54) is 0 Å². The number of benzene rings is 2. The molecular formula is C21H18ClN3O4. The molecule has 8 heteroatoms. The molecule has 3 aromatic rings. The van der Waals surface area contributed by atoms with Crippen LogP contribution in [0.3, 0.4) is 0 Å². The highest BCUT2D eigenvalue weighted by molar-refractivity contribution is 6.32. The molecule has 0 unspecified atom stereocenters. The summed E-state index contributed by atoms with van der Waals surface area (Å²) >= 11 is 6.37. The minimum atomic E-state index is -0.615. The lowest BCUT2D eigenvalue weighted by Gasteiger charge is -2.15. The molecule has 0 saturated heterocycles. The molecule has 3 heterocycles. The molecule has 0 fully saturated rings. The van der Waals surface area contributed by atoms with E-state index in [2.05, 4.69) is 15.5 Å². The molecule has 148 valence electrons. The van der Waals surface area contributed by atoms with Crippen molar-refractivity contribution in [2.75, 3.05) is 18.5 Å². The molecule has 0 radical (unpaired) electrons. The van der Waals surface area contributed by atoms with Crippen molar-refractivity contribution in [1.82, 2.24) is 10.1 Å². The minimum Gasteiger partial charge on any atom is -0.489 e. The van der Waals surface area contributed by atoms with Crippen molar-refractivity contribution in [1.29, 1.82) is 0 Å². The van der Waals surface area contributed by atoms with Crippen molar-refractivity contribution in [3.8, 4) is 34.3 Å². The summed E-state index contributed by atoms with van der Waals surface area (Å²) in [5, 5.41) is 7.43. The van der Waals surface area contributed by atoms with Crippen molar-refractivity contribution in [3.63, 3.8) is 0 Å². The fraction of sp³-hybridized carbons (Fsp3) is 0.286. The lowest BCUT2D eigenvalue weighted by Crippen LogP contribution is -2.26. The van der Waals surface area contributed by atoms with Gasteiger partial charge in [0, 0.05) is 23.2 Å². The minimum absolute atomic E-state index is 0.0299. The Morgan fingerprint density at radius 1 is 1.10 bits per heavy atom. The number of halogens is 1. The molecule has 0 aliphatic carbocycles. The van der Waals surface area contributed by atoms with Gasteiger partial charge in [-0.3, -0.25) is 4.79 Å². The van der Waals surface area contributed by atoms with Gasteiger partial charge in [0.2, 0.25) is 11.7 Å². The second-order valence-electron chi connectivity index (χ2n) is 7.60. The molecule has 2 aliphatic rings. The predicted octanol–water partition coefficient (Wildman–Crippen LogP) is 4.45. The predicted molar refractivity (Wildman–Crippen MR) is 107 cm³/mol. The van der Waals surface area contributed by atoms with Crippen LogP contribution in [-0.2, 0) is 10.2 Å². The Morgan fingerprint density at radius 2 is 1.93 bits per heavy atom. The number of rotatable bonds is 2. The largest absolute Gasteiger partial charge is 0.489 e.